The molecule has 29 heavy (non-hydrogen) atoms. The highest BCUT2D eigenvalue weighted by atomic mass is 31.2. The molecule has 0 saturated carbocycles. The highest BCUT2D eigenvalue weighted by Gasteiger charge is 2.60. The maximum atomic E-state index is 6.91. The Balaban J connectivity index is 1.73. The monoisotopic (exact) mass is 402 g/mol. The Morgan fingerprint density at radius 1 is 0.759 bits per heavy atom. The van der Waals surface area contributed by atoms with E-state index in [1.807, 2.05) is 0 Å². The highest BCUT2D eigenvalue weighted by molar-refractivity contribution is 7.96. The van der Waals surface area contributed by atoms with Crippen molar-refractivity contribution in [2.24, 2.45) is 0 Å². The molecule has 2 heterocycles. The van der Waals surface area contributed by atoms with Gasteiger partial charge in [-0.2, -0.15) is 5.06 Å². The van der Waals surface area contributed by atoms with Gasteiger partial charge in [0.2, 0.25) is 5.85 Å². The first kappa shape index (κ1) is 19.0. The van der Waals surface area contributed by atoms with Crippen molar-refractivity contribution in [2.45, 2.75) is 50.5 Å². The molecule has 148 valence electrons. The van der Waals surface area contributed by atoms with Crippen LogP contribution in [0.5, 0.6) is 0 Å². The zero-order valence-corrected chi connectivity index (χ0v) is 18.1. The first-order valence-electron chi connectivity index (χ1n) is 10.6. The smallest absolute Gasteiger partial charge is 0.201 e. The fourth-order valence-electron chi connectivity index (χ4n) is 5.25. The van der Waals surface area contributed by atoms with Crippen LogP contribution in [0.1, 0.15) is 33.1 Å². The maximum absolute atomic E-state index is 6.91. The minimum absolute atomic E-state index is 0.110. The van der Waals surface area contributed by atoms with Gasteiger partial charge in [-0.1, -0.05) is 54.6 Å². The molecule has 2 saturated heterocycles. The van der Waals surface area contributed by atoms with Crippen LogP contribution in [-0.2, 0) is 4.84 Å². The largest absolute Gasteiger partial charge is 0.255 e. The quantitative estimate of drug-likeness (QED) is 0.577. The Labute approximate surface area is 174 Å². The maximum Gasteiger partial charge on any atom is 0.201 e. The first-order chi connectivity index (χ1) is 14.1. The van der Waals surface area contributed by atoms with E-state index in [-0.39, 0.29) is 11.4 Å². The minimum Gasteiger partial charge on any atom is -0.255 e. The molecule has 2 fully saturated rings. The average Bonchev–Trinajstić information content (AvgIpc) is 3.32. The van der Waals surface area contributed by atoms with Crippen LogP contribution in [0.15, 0.2) is 91.0 Å². The van der Waals surface area contributed by atoms with Crippen LogP contribution < -0.4 is 15.9 Å². The molecule has 2 aliphatic heterocycles. The van der Waals surface area contributed by atoms with E-state index >= 15 is 0 Å². The molecule has 2 atom stereocenters. The molecular weight excluding hydrogens is 373 g/mol. The number of hydroxylamine groups is 2. The molecule has 0 amide bonds. The molecule has 0 bridgehead atoms. The molecule has 3 aromatic rings. The van der Waals surface area contributed by atoms with Crippen molar-refractivity contribution >= 4 is 23.2 Å². The zero-order valence-electron chi connectivity index (χ0n) is 17.2. The molecule has 3 heteroatoms. The van der Waals surface area contributed by atoms with Gasteiger partial charge >= 0.3 is 0 Å². The topological polar surface area (TPSA) is 12.5 Å². The fourth-order valence-corrected chi connectivity index (χ4v) is 9.88. The van der Waals surface area contributed by atoms with Gasteiger partial charge in [-0.3, -0.25) is 4.84 Å². The van der Waals surface area contributed by atoms with Crippen molar-refractivity contribution in [1.29, 1.82) is 0 Å². The third-order valence-electron chi connectivity index (χ3n) is 6.65. The summed E-state index contributed by atoms with van der Waals surface area (Å²) < 4.78 is 0. The summed E-state index contributed by atoms with van der Waals surface area (Å²) in [5.41, 5.74) is 0.110. The lowest BCUT2D eigenvalue weighted by Crippen LogP contribution is -2.42. The minimum atomic E-state index is -1.98. The summed E-state index contributed by atoms with van der Waals surface area (Å²) in [7, 11) is -1.98. The Hall–Kier alpha value is -1.99. The van der Waals surface area contributed by atoms with Gasteiger partial charge in [-0.05, 0) is 63.1 Å². The van der Waals surface area contributed by atoms with Crippen molar-refractivity contribution in [1.82, 2.24) is 5.06 Å². The van der Waals surface area contributed by atoms with E-state index < -0.39 is 7.26 Å². The van der Waals surface area contributed by atoms with Crippen LogP contribution in [0.25, 0.3) is 0 Å². The van der Waals surface area contributed by atoms with E-state index in [4.69, 9.17) is 4.84 Å². The molecule has 5 rings (SSSR count). The Bertz CT molecular complexity index is 861. The summed E-state index contributed by atoms with van der Waals surface area (Å²) in [6, 6.07) is 33.8. The van der Waals surface area contributed by atoms with Crippen molar-refractivity contribution in [3.05, 3.63) is 91.0 Å². The number of benzene rings is 3. The van der Waals surface area contributed by atoms with E-state index in [2.05, 4.69) is 110 Å². The summed E-state index contributed by atoms with van der Waals surface area (Å²) in [4.78, 5) is 6.91. The van der Waals surface area contributed by atoms with Gasteiger partial charge in [0.05, 0.1) is 0 Å². The normalized spacial score (nSPS) is 23.8. The second kappa shape index (κ2) is 7.36. The standard InChI is InChI=1S/C26H29NOP/c1-26(2)19-18-21-20-25(28-27(21)26)29(22-12-6-3-7-13-22,23-14-8-4-9-15-23)24-16-10-5-11-17-24/h3-17,21,25H,18-20H2,1-2H3/q+1/t21-,25-/m1/s1. The molecule has 2 nitrogen and oxygen atoms in total. The number of fused-ring (bicyclic) bond motifs is 1. The molecule has 0 N–H and O–H groups in total. The van der Waals surface area contributed by atoms with Crippen LogP contribution in [0, 0.1) is 0 Å². The molecule has 2 aliphatic rings. The van der Waals surface area contributed by atoms with Crippen LogP contribution in [-0.4, -0.2) is 22.5 Å². The Morgan fingerprint density at radius 3 is 1.62 bits per heavy atom. The van der Waals surface area contributed by atoms with E-state index in [0.717, 1.165) is 6.42 Å². The van der Waals surface area contributed by atoms with Gasteiger partial charge in [0, 0.05) is 18.0 Å². The van der Waals surface area contributed by atoms with Crippen molar-refractivity contribution in [3.63, 3.8) is 0 Å². The van der Waals surface area contributed by atoms with Crippen molar-refractivity contribution < 1.29 is 4.84 Å². The third kappa shape index (κ3) is 3.06. The summed E-state index contributed by atoms with van der Waals surface area (Å²) >= 11 is 0. The van der Waals surface area contributed by atoms with Gasteiger partial charge in [-0.15, -0.1) is 0 Å². The number of hydrogen-bond acceptors (Lipinski definition) is 2. The molecule has 0 spiro atoms. The van der Waals surface area contributed by atoms with Crippen LogP contribution >= 0.6 is 7.26 Å². The molecule has 0 aromatic heterocycles. The van der Waals surface area contributed by atoms with Gasteiger partial charge in [0.1, 0.15) is 23.2 Å². The SMILES string of the molecule is CC1(C)CC[C@@H]2C[C@@H]([P+](c3ccccc3)(c3ccccc3)c3ccccc3)ON21. The zero-order chi connectivity index (χ0) is 19.9. The molecule has 0 unspecified atom stereocenters. The Morgan fingerprint density at radius 2 is 1.21 bits per heavy atom. The van der Waals surface area contributed by atoms with Gasteiger partial charge in [-0.25, -0.2) is 0 Å². The lowest BCUT2D eigenvalue weighted by atomic mass is 10.0. The lowest BCUT2D eigenvalue weighted by molar-refractivity contribution is -0.180. The second-order valence-electron chi connectivity index (χ2n) is 8.86. The summed E-state index contributed by atoms with van der Waals surface area (Å²) in [6.45, 7) is 4.64. The van der Waals surface area contributed by atoms with Crippen molar-refractivity contribution in [2.75, 3.05) is 0 Å². The number of rotatable bonds is 4. The van der Waals surface area contributed by atoms with Gasteiger partial charge in [0.15, 0.2) is 0 Å². The van der Waals surface area contributed by atoms with Crippen LogP contribution in [0.3, 0.4) is 0 Å². The lowest BCUT2D eigenvalue weighted by Gasteiger charge is -2.34. The predicted molar refractivity (Wildman–Crippen MR) is 124 cm³/mol. The van der Waals surface area contributed by atoms with Crippen molar-refractivity contribution in [3.8, 4) is 0 Å². The van der Waals surface area contributed by atoms with E-state index in [1.54, 1.807) is 0 Å². The second-order valence-corrected chi connectivity index (χ2v) is 12.4. The fraction of sp³-hybridized carbons (Fsp3) is 0.308. The summed E-state index contributed by atoms with van der Waals surface area (Å²) in [6.07, 6.45) is 3.52. The molecule has 0 radical (unpaired) electrons. The Kier molecular flexibility index (Phi) is 4.82. The highest BCUT2D eigenvalue weighted by Crippen LogP contribution is 2.64. The van der Waals surface area contributed by atoms with Crippen LogP contribution in [0.4, 0.5) is 0 Å². The molecule has 0 aliphatic carbocycles. The van der Waals surface area contributed by atoms with Gasteiger partial charge in [0.25, 0.3) is 0 Å². The number of hydrogen-bond donors (Lipinski definition) is 0. The third-order valence-corrected chi connectivity index (χ3v) is 11.2. The first-order valence-corrected chi connectivity index (χ1v) is 12.5. The summed E-state index contributed by atoms with van der Waals surface area (Å²) in [5.74, 6) is 0.166. The summed E-state index contributed by atoms with van der Waals surface area (Å²) in [5, 5.41) is 6.55. The predicted octanol–water partition coefficient (Wildman–Crippen LogP) is 4.88. The van der Waals surface area contributed by atoms with E-state index in [1.165, 1.54) is 28.8 Å². The molecular formula is C26H29NOP+. The van der Waals surface area contributed by atoms with E-state index in [9.17, 15) is 0 Å². The number of nitrogens with zero attached hydrogens (tertiary/aromatic N) is 1. The van der Waals surface area contributed by atoms with E-state index in [0.29, 0.717) is 6.04 Å². The van der Waals surface area contributed by atoms with Crippen LogP contribution in [0.2, 0.25) is 0 Å². The molecule has 3 aromatic carbocycles. The average molecular weight is 402 g/mol. The van der Waals surface area contributed by atoms with Gasteiger partial charge < -0.3 is 0 Å².